The second kappa shape index (κ2) is 13.4. The summed E-state index contributed by atoms with van der Waals surface area (Å²) in [4.78, 5) is 35.3. The van der Waals surface area contributed by atoms with Crippen LogP contribution in [0.5, 0.6) is 17.2 Å². The summed E-state index contributed by atoms with van der Waals surface area (Å²) in [5, 5.41) is 8.95. The van der Waals surface area contributed by atoms with Crippen molar-refractivity contribution in [2.24, 2.45) is 5.10 Å². The first-order chi connectivity index (χ1) is 16.0. The molecular weight excluding hydrogens is 428 g/mol. The lowest BCUT2D eigenvalue weighted by molar-refractivity contribution is -0.139. The van der Waals surface area contributed by atoms with E-state index in [2.05, 4.69) is 21.2 Å². The summed E-state index contributed by atoms with van der Waals surface area (Å²) < 4.78 is 16.2. The van der Waals surface area contributed by atoms with E-state index in [0.29, 0.717) is 35.9 Å². The average Bonchev–Trinajstić information content (AvgIpc) is 2.82. The van der Waals surface area contributed by atoms with Gasteiger partial charge >= 0.3 is 11.8 Å². The average molecular weight is 456 g/mol. The smallest absolute Gasteiger partial charge is 0.329 e. The van der Waals surface area contributed by atoms with Gasteiger partial charge in [-0.15, -0.1) is 0 Å². The van der Waals surface area contributed by atoms with Gasteiger partial charge in [0, 0.05) is 12.2 Å². The van der Waals surface area contributed by atoms with Crippen molar-refractivity contribution in [3.05, 3.63) is 48.0 Å². The van der Waals surface area contributed by atoms with Crippen LogP contribution in [-0.2, 0) is 14.4 Å². The number of hydrogen-bond acceptors (Lipinski definition) is 7. The molecule has 3 N–H and O–H groups in total. The van der Waals surface area contributed by atoms with Crippen molar-refractivity contribution in [1.29, 1.82) is 0 Å². The monoisotopic (exact) mass is 456 g/mol. The predicted molar refractivity (Wildman–Crippen MR) is 124 cm³/mol. The van der Waals surface area contributed by atoms with Crippen molar-refractivity contribution in [2.45, 2.75) is 20.3 Å². The molecule has 2 aromatic rings. The quantitative estimate of drug-likeness (QED) is 0.270. The standard InChI is InChI=1S/C23H28N4O6/c1-4-12-24-22(29)23(30)27-25-14-16-6-11-19(20(13-16)31-3)33-15-21(28)26-17-7-9-18(10-8-17)32-5-2/h6-11,13-14H,4-5,12,15H2,1-3H3,(H,24,29)(H,26,28)(H,27,30)/b25-14-. The zero-order chi connectivity index (χ0) is 24.1. The fourth-order valence-corrected chi connectivity index (χ4v) is 2.56. The van der Waals surface area contributed by atoms with Crippen molar-refractivity contribution in [2.75, 3.05) is 32.2 Å². The lowest BCUT2D eigenvalue weighted by Crippen LogP contribution is -2.38. The van der Waals surface area contributed by atoms with Crippen LogP contribution in [0, 0.1) is 0 Å². The number of methoxy groups -OCH3 is 1. The van der Waals surface area contributed by atoms with Crippen molar-refractivity contribution in [3.63, 3.8) is 0 Å². The fraction of sp³-hybridized carbons (Fsp3) is 0.304. The summed E-state index contributed by atoms with van der Waals surface area (Å²) >= 11 is 0. The number of nitrogens with one attached hydrogen (secondary N) is 3. The van der Waals surface area contributed by atoms with Crippen LogP contribution in [0.1, 0.15) is 25.8 Å². The normalized spacial score (nSPS) is 10.4. The van der Waals surface area contributed by atoms with Gasteiger partial charge < -0.3 is 24.8 Å². The Balaban J connectivity index is 1.88. The van der Waals surface area contributed by atoms with Crippen LogP contribution in [0.4, 0.5) is 5.69 Å². The topological polar surface area (TPSA) is 127 Å². The Bertz CT molecular complexity index is 975. The van der Waals surface area contributed by atoms with Gasteiger partial charge in [0.05, 0.1) is 19.9 Å². The Kier molecular flexibility index (Phi) is 10.2. The molecule has 0 aliphatic carbocycles. The Labute approximate surface area is 192 Å². The van der Waals surface area contributed by atoms with Gasteiger partial charge in [0.2, 0.25) is 0 Å². The Morgan fingerprint density at radius 3 is 2.39 bits per heavy atom. The molecular formula is C23H28N4O6. The van der Waals surface area contributed by atoms with E-state index >= 15 is 0 Å². The number of carbonyl (C=O) groups excluding carboxylic acids is 3. The van der Waals surface area contributed by atoms with E-state index in [1.165, 1.54) is 13.3 Å². The molecule has 2 aromatic carbocycles. The maximum absolute atomic E-state index is 12.2. The molecule has 176 valence electrons. The zero-order valence-electron chi connectivity index (χ0n) is 18.8. The molecule has 10 nitrogen and oxygen atoms in total. The second-order valence-electron chi connectivity index (χ2n) is 6.66. The highest BCUT2D eigenvalue weighted by atomic mass is 16.5. The van der Waals surface area contributed by atoms with Gasteiger partial charge in [-0.05, 0) is 61.4 Å². The third kappa shape index (κ3) is 8.52. The summed E-state index contributed by atoms with van der Waals surface area (Å²) in [6.45, 7) is 4.53. The molecule has 0 heterocycles. The van der Waals surface area contributed by atoms with Crippen LogP contribution in [0.3, 0.4) is 0 Å². The van der Waals surface area contributed by atoms with Crippen molar-refractivity contribution < 1.29 is 28.6 Å². The minimum atomic E-state index is -0.856. The predicted octanol–water partition coefficient (Wildman–Crippen LogP) is 2.09. The molecule has 3 amide bonds. The van der Waals surface area contributed by atoms with Crippen LogP contribution in [0.2, 0.25) is 0 Å². The maximum atomic E-state index is 12.2. The number of anilines is 1. The molecule has 2 rings (SSSR count). The Hall–Kier alpha value is -4.08. The number of hydrazone groups is 1. The molecule has 0 bridgehead atoms. The number of rotatable bonds is 11. The maximum Gasteiger partial charge on any atom is 0.329 e. The molecule has 10 heteroatoms. The van der Waals surface area contributed by atoms with Crippen LogP contribution < -0.4 is 30.3 Å². The molecule has 0 aliphatic heterocycles. The van der Waals surface area contributed by atoms with Crippen molar-refractivity contribution in [1.82, 2.24) is 10.7 Å². The molecule has 0 saturated heterocycles. The van der Waals surface area contributed by atoms with E-state index in [4.69, 9.17) is 14.2 Å². The lowest BCUT2D eigenvalue weighted by Gasteiger charge is -2.12. The van der Waals surface area contributed by atoms with E-state index in [1.54, 1.807) is 42.5 Å². The van der Waals surface area contributed by atoms with E-state index in [1.807, 2.05) is 13.8 Å². The molecule has 0 radical (unpaired) electrons. The molecule has 0 saturated carbocycles. The van der Waals surface area contributed by atoms with Crippen LogP contribution in [-0.4, -0.2) is 50.8 Å². The van der Waals surface area contributed by atoms with Crippen LogP contribution >= 0.6 is 0 Å². The number of carbonyl (C=O) groups is 3. The third-order valence-electron chi connectivity index (χ3n) is 4.12. The zero-order valence-corrected chi connectivity index (χ0v) is 18.8. The molecule has 0 aromatic heterocycles. The molecule has 0 fully saturated rings. The largest absolute Gasteiger partial charge is 0.494 e. The molecule has 33 heavy (non-hydrogen) atoms. The highest BCUT2D eigenvalue weighted by Gasteiger charge is 2.11. The SMILES string of the molecule is CCCNC(=O)C(=O)N/N=C\c1ccc(OCC(=O)Nc2ccc(OCC)cc2)c(OC)c1. The van der Waals surface area contributed by atoms with Gasteiger partial charge in [-0.25, -0.2) is 5.43 Å². The number of hydrogen-bond donors (Lipinski definition) is 3. The molecule has 0 atom stereocenters. The highest BCUT2D eigenvalue weighted by molar-refractivity contribution is 6.35. The lowest BCUT2D eigenvalue weighted by atomic mass is 10.2. The minimum Gasteiger partial charge on any atom is -0.494 e. The van der Waals surface area contributed by atoms with Gasteiger partial charge in [0.15, 0.2) is 18.1 Å². The number of nitrogens with zero attached hydrogens (tertiary/aromatic N) is 1. The van der Waals surface area contributed by atoms with Gasteiger partial charge in [0.1, 0.15) is 5.75 Å². The van der Waals surface area contributed by atoms with Crippen molar-refractivity contribution >= 4 is 29.6 Å². The fourth-order valence-electron chi connectivity index (χ4n) is 2.56. The summed E-state index contributed by atoms with van der Waals surface area (Å²) in [7, 11) is 1.46. The van der Waals surface area contributed by atoms with Gasteiger partial charge in [-0.3, -0.25) is 14.4 Å². The van der Waals surface area contributed by atoms with E-state index in [0.717, 1.165) is 12.2 Å². The first kappa shape index (κ1) is 25.2. The van der Waals surface area contributed by atoms with Gasteiger partial charge in [0.25, 0.3) is 5.91 Å². The molecule has 0 unspecified atom stereocenters. The van der Waals surface area contributed by atoms with E-state index in [-0.39, 0.29) is 12.5 Å². The summed E-state index contributed by atoms with van der Waals surface area (Å²) in [5.74, 6) is -0.487. The molecule has 0 spiro atoms. The van der Waals surface area contributed by atoms with Gasteiger partial charge in [-0.1, -0.05) is 6.92 Å². The van der Waals surface area contributed by atoms with Gasteiger partial charge in [-0.2, -0.15) is 5.10 Å². The summed E-state index contributed by atoms with van der Waals surface area (Å²) in [5.41, 5.74) is 3.36. The minimum absolute atomic E-state index is 0.222. The van der Waals surface area contributed by atoms with Crippen LogP contribution in [0.15, 0.2) is 47.6 Å². The second-order valence-corrected chi connectivity index (χ2v) is 6.66. The number of ether oxygens (including phenoxy) is 3. The third-order valence-corrected chi connectivity index (χ3v) is 4.12. The Morgan fingerprint density at radius 2 is 1.73 bits per heavy atom. The number of benzene rings is 2. The number of amides is 3. The first-order valence-electron chi connectivity index (χ1n) is 10.4. The van der Waals surface area contributed by atoms with E-state index in [9.17, 15) is 14.4 Å². The van der Waals surface area contributed by atoms with Crippen molar-refractivity contribution in [3.8, 4) is 17.2 Å². The Morgan fingerprint density at radius 1 is 0.970 bits per heavy atom. The summed E-state index contributed by atoms with van der Waals surface area (Å²) in [6.07, 6.45) is 2.08. The van der Waals surface area contributed by atoms with E-state index < -0.39 is 11.8 Å². The molecule has 0 aliphatic rings. The highest BCUT2D eigenvalue weighted by Crippen LogP contribution is 2.27. The van der Waals surface area contributed by atoms with Crippen LogP contribution in [0.25, 0.3) is 0 Å². The first-order valence-corrected chi connectivity index (χ1v) is 10.4. The summed E-state index contributed by atoms with van der Waals surface area (Å²) in [6, 6.07) is 11.9.